The summed E-state index contributed by atoms with van der Waals surface area (Å²) in [7, 11) is 1.64. The summed E-state index contributed by atoms with van der Waals surface area (Å²) in [5.41, 5.74) is -0.0370. The molecule has 6 heteroatoms. The zero-order chi connectivity index (χ0) is 15.4. The monoisotopic (exact) mass is 305 g/mol. The Hall–Kier alpha value is -1.79. The summed E-state index contributed by atoms with van der Waals surface area (Å²) in [6, 6.07) is 7.66. The number of methoxy groups -OCH3 is 1. The first-order chi connectivity index (χ1) is 10.7. The largest absolute Gasteiger partial charge is 0.493 e. The second kappa shape index (κ2) is 6.54. The fourth-order valence-electron chi connectivity index (χ4n) is 3.16. The molecule has 6 nitrogen and oxygen atoms in total. The average Bonchev–Trinajstić information content (AvgIpc) is 2.66. The minimum absolute atomic E-state index is 0.0370. The van der Waals surface area contributed by atoms with Crippen molar-refractivity contribution in [2.24, 2.45) is 0 Å². The standard InChI is InChI=1S/C16H23N3O3/c1-21-13-4-2-3-5-14(13)22-9-8-19-7-6-18-15(20)10-16(19)11-17-12-16/h2-5,17H,6-12H2,1H3,(H,18,20). The Labute approximate surface area is 130 Å². The zero-order valence-corrected chi connectivity index (χ0v) is 12.9. The van der Waals surface area contributed by atoms with Crippen LogP contribution in [0.5, 0.6) is 11.5 Å². The maximum absolute atomic E-state index is 11.8. The number of hydrogen-bond acceptors (Lipinski definition) is 5. The van der Waals surface area contributed by atoms with Crippen LogP contribution in [0.15, 0.2) is 24.3 Å². The third-order valence-electron chi connectivity index (χ3n) is 4.46. The predicted octanol–water partition coefficient (Wildman–Crippen LogP) is 0.238. The number of ether oxygens (including phenoxy) is 2. The molecule has 2 fully saturated rings. The second-order valence-corrected chi connectivity index (χ2v) is 5.84. The van der Waals surface area contributed by atoms with Crippen LogP contribution in [-0.2, 0) is 4.79 Å². The first-order valence-corrected chi connectivity index (χ1v) is 7.72. The molecule has 2 N–H and O–H groups in total. The highest BCUT2D eigenvalue weighted by Gasteiger charge is 2.45. The molecule has 120 valence electrons. The summed E-state index contributed by atoms with van der Waals surface area (Å²) in [5.74, 6) is 1.65. The molecule has 0 radical (unpaired) electrons. The van der Waals surface area contributed by atoms with Gasteiger partial charge in [0.15, 0.2) is 11.5 Å². The molecule has 1 amide bonds. The topological polar surface area (TPSA) is 62.8 Å². The van der Waals surface area contributed by atoms with Crippen LogP contribution in [0, 0.1) is 0 Å². The van der Waals surface area contributed by atoms with E-state index in [0.29, 0.717) is 19.6 Å². The van der Waals surface area contributed by atoms with Gasteiger partial charge in [-0.3, -0.25) is 9.69 Å². The third kappa shape index (κ3) is 3.03. The van der Waals surface area contributed by atoms with E-state index in [2.05, 4.69) is 15.5 Å². The van der Waals surface area contributed by atoms with Crippen molar-refractivity contribution in [3.05, 3.63) is 24.3 Å². The number of nitrogens with one attached hydrogen (secondary N) is 2. The van der Waals surface area contributed by atoms with Crippen molar-refractivity contribution in [1.82, 2.24) is 15.5 Å². The second-order valence-electron chi connectivity index (χ2n) is 5.84. The molecular weight excluding hydrogens is 282 g/mol. The lowest BCUT2D eigenvalue weighted by Crippen LogP contribution is -2.69. The van der Waals surface area contributed by atoms with Gasteiger partial charge in [0.05, 0.1) is 12.6 Å². The van der Waals surface area contributed by atoms with E-state index >= 15 is 0 Å². The third-order valence-corrected chi connectivity index (χ3v) is 4.46. The molecule has 1 aromatic carbocycles. The van der Waals surface area contributed by atoms with Gasteiger partial charge in [0.2, 0.25) is 5.91 Å². The van der Waals surface area contributed by atoms with E-state index in [-0.39, 0.29) is 11.4 Å². The van der Waals surface area contributed by atoms with Gasteiger partial charge in [-0.05, 0) is 12.1 Å². The summed E-state index contributed by atoms with van der Waals surface area (Å²) >= 11 is 0. The fourth-order valence-corrected chi connectivity index (χ4v) is 3.16. The van der Waals surface area contributed by atoms with Crippen molar-refractivity contribution < 1.29 is 14.3 Å². The minimum Gasteiger partial charge on any atom is -0.493 e. The molecule has 2 aliphatic rings. The highest BCUT2D eigenvalue weighted by molar-refractivity contribution is 5.77. The van der Waals surface area contributed by atoms with Crippen LogP contribution in [0.25, 0.3) is 0 Å². The van der Waals surface area contributed by atoms with E-state index in [0.717, 1.165) is 37.7 Å². The molecule has 0 saturated carbocycles. The van der Waals surface area contributed by atoms with Crippen molar-refractivity contribution in [2.45, 2.75) is 12.0 Å². The molecule has 2 saturated heterocycles. The summed E-state index contributed by atoms with van der Waals surface area (Å²) < 4.78 is 11.2. The Balaban J connectivity index is 1.59. The van der Waals surface area contributed by atoms with E-state index in [4.69, 9.17) is 9.47 Å². The molecule has 1 spiro atoms. The Morgan fingerprint density at radius 1 is 1.27 bits per heavy atom. The first kappa shape index (κ1) is 15.1. The van der Waals surface area contributed by atoms with Crippen LogP contribution in [0.1, 0.15) is 6.42 Å². The number of amides is 1. The number of nitrogens with zero attached hydrogens (tertiary/aromatic N) is 1. The van der Waals surface area contributed by atoms with Gasteiger partial charge in [-0.1, -0.05) is 12.1 Å². The molecule has 0 unspecified atom stereocenters. The van der Waals surface area contributed by atoms with Crippen LogP contribution < -0.4 is 20.1 Å². The van der Waals surface area contributed by atoms with Crippen LogP contribution in [0.3, 0.4) is 0 Å². The molecule has 1 aromatic rings. The summed E-state index contributed by atoms with van der Waals surface area (Å²) in [6.07, 6.45) is 0.564. The number of carbonyl (C=O) groups excluding carboxylic acids is 1. The SMILES string of the molecule is COc1ccccc1OCCN1CCNC(=O)CC12CNC2. The quantitative estimate of drug-likeness (QED) is 0.816. The smallest absolute Gasteiger partial charge is 0.222 e. The van der Waals surface area contributed by atoms with Crippen LogP contribution in [-0.4, -0.2) is 62.8 Å². The van der Waals surface area contributed by atoms with E-state index in [1.165, 1.54) is 0 Å². The maximum atomic E-state index is 11.8. The Bertz CT molecular complexity index is 531. The average molecular weight is 305 g/mol. The Kier molecular flexibility index (Phi) is 4.49. The van der Waals surface area contributed by atoms with Gasteiger partial charge in [-0.15, -0.1) is 0 Å². The lowest BCUT2D eigenvalue weighted by molar-refractivity contribution is -0.123. The minimum atomic E-state index is -0.0370. The summed E-state index contributed by atoms with van der Waals surface area (Å²) in [5, 5.41) is 6.25. The van der Waals surface area contributed by atoms with Gasteiger partial charge < -0.3 is 20.1 Å². The van der Waals surface area contributed by atoms with E-state index in [1.54, 1.807) is 7.11 Å². The molecule has 0 aromatic heterocycles. The van der Waals surface area contributed by atoms with Crippen molar-refractivity contribution >= 4 is 5.91 Å². The Morgan fingerprint density at radius 2 is 2.05 bits per heavy atom. The van der Waals surface area contributed by atoms with Crippen molar-refractivity contribution in [2.75, 3.05) is 46.4 Å². The normalized spacial score (nSPS) is 20.9. The van der Waals surface area contributed by atoms with Crippen molar-refractivity contribution in [1.29, 1.82) is 0 Å². The first-order valence-electron chi connectivity index (χ1n) is 7.72. The molecule has 22 heavy (non-hydrogen) atoms. The number of hydrogen-bond donors (Lipinski definition) is 2. The highest BCUT2D eigenvalue weighted by atomic mass is 16.5. The molecule has 0 bridgehead atoms. The van der Waals surface area contributed by atoms with Gasteiger partial charge in [0.25, 0.3) is 0 Å². The van der Waals surface area contributed by atoms with Gasteiger partial charge >= 0.3 is 0 Å². The number of para-hydroxylation sites is 2. The van der Waals surface area contributed by atoms with Crippen LogP contribution in [0.4, 0.5) is 0 Å². The van der Waals surface area contributed by atoms with Gasteiger partial charge in [0, 0.05) is 39.1 Å². The lowest BCUT2D eigenvalue weighted by atomic mass is 9.86. The predicted molar refractivity (Wildman–Crippen MR) is 83.3 cm³/mol. The van der Waals surface area contributed by atoms with Crippen molar-refractivity contribution in [3.8, 4) is 11.5 Å². The molecule has 0 atom stereocenters. The molecular formula is C16H23N3O3. The molecule has 0 aliphatic carbocycles. The van der Waals surface area contributed by atoms with E-state index in [1.807, 2.05) is 24.3 Å². The zero-order valence-electron chi connectivity index (χ0n) is 12.9. The number of benzene rings is 1. The Morgan fingerprint density at radius 3 is 2.73 bits per heavy atom. The van der Waals surface area contributed by atoms with E-state index in [9.17, 15) is 4.79 Å². The van der Waals surface area contributed by atoms with Gasteiger partial charge in [-0.2, -0.15) is 0 Å². The molecule has 3 rings (SSSR count). The number of carbonyl (C=O) groups is 1. The lowest BCUT2D eigenvalue weighted by Gasteiger charge is -2.49. The summed E-state index contributed by atoms with van der Waals surface area (Å²) in [4.78, 5) is 14.2. The van der Waals surface area contributed by atoms with Gasteiger partial charge in [-0.25, -0.2) is 0 Å². The molecule has 2 aliphatic heterocycles. The van der Waals surface area contributed by atoms with Crippen molar-refractivity contribution in [3.63, 3.8) is 0 Å². The summed E-state index contributed by atoms with van der Waals surface area (Å²) in [6.45, 7) is 4.69. The van der Waals surface area contributed by atoms with Gasteiger partial charge in [0.1, 0.15) is 6.61 Å². The highest BCUT2D eigenvalue weighted by Crippen LogP contribution is 2.28. The number of rotatable bonds is 5. The molecule has 2 heterocycles. The van der Waals surface area contributed by atoms with E-state index < -0.39 is 0 Å². The maximum Gasteiger partial charge on any atom is 0.222 e. The van der Waals surface area contributed by atoms with Crippen LogP contribution in [0.2, 0.25) is 0 Å². The fraction of sp³-hybridized carbons (Fsp3) is 0.562. The van der Waals surface area contributed by atoms with Crippen LogP contribution >= 0.6 is 0 Å².